The third-order valence-electron chi connectivity index (χ3n) is 4.73. The first-order valence-electron chi connectivity index (χ1n) is 9.73. The molecule has 0 spiro atoms. The molecule has 29 heavy (non-hydrogen) atoms. The zero-order valence-corrected chi connectivity index (χ0v) is 18.9. The summed E-state index contributed by atoms with van der Waals surface area (Å²) in [6.45, 7) is 4.33. The van der Waals surface area contributed by atoms with Crippen LogP contribution < -0.4 is 39.8 Å². The number of ether oxygens (including phenoxy) is 1. The van der Waals surface area contributed by atoms with E-state index in [4.69, 9.17) is 4.74 Å². The standard InChI is InChI=1S/C22H32N2O3.2ClH/c1-17(22(26)18-8-5-4-6-9-18)23-13-12-21(25)19-10-7-11-20(16-19)27-15-14-24(2)3;;/h4-11,16-17,21-23,25-26H,12-15H2,1-3H3;2*1H. The highest BCUT2D eigenvalue weighted by atomic mass is 35.5. The summed E-state index contributed by atoms with van der Waals surface area (Å²) in [7, 11) is 4.19. The van der Waals surface area contributed by atoms with Crippen molar-refractivity contribution < 1.29 is 50.0 Å². The maximum absolute atomic E-state index is 10.5. The normalized spacial score (nSPS) is 13.7. The molecule has 7 heteroatoms. The highest BCUT2D eigenvalue weighted by Gasteiger charge is 2.19. The summed E-state index contributed by atoms with van der Waals surface area (Å²) in [6, 6.07) is 17.4. The lowest BCUT2D eigenvalue weighted by Crippen LogP contribution is -3.06. The maximum Gasteiger partial charge on any atom is 0.137 e. The molecule has 0 bridgehead atoms. The fraction of sp³-hybridized carbons (Fsp3) is 0.455. The van der Waals surface area contributed by atoms with Crippen molar-refractivity contribution in [2.45, 2.75) is 31.6 Å². The molecule has 3 atom stereocenters. The molecule has 0 amide bonds. The fourth-order valence-electron chi connectivity index (χ4n) is 2.95. The Kier molecular flexibility index (Phi) is 13.9. The molecule has 0 heterocycles. The predicted octanol–water partition coefficient (Wildman–Crippen LogP) is -5.67. The average Bonchev–Trinajstić information content (AvgIpc) is 2.68. The first-order chi connectivity index (χ1) is 13.0. The number of halogens is 2. The van der Waals surface area contributed by atoms with Crippen molar-refractivity contribution in [2.75, 3.05) is 33.8 Å². The van der Waals surface area contributed by atoms with E-state index in [1.807, 2.05) is 61.5 Å². The second-order valence-electron chi connectivity index (χ2n) is 7.42. The van der Waals surface area contributed by atoms with Gasteiger partial charge in [-0.1, -0.05) is 42.5 Å². The van der Waals surface area contributed by atoms with Gasteiger partial charge in [-0.3, -0.25) is 0 Å². The molecular formula is C22H34Cl2N2O3. The monoisotopic (exact) mass is 444 g/mol. The summed E-state index contributed by atoms with van der Waals surface area (Å²) in [4.78, 5) is 1.34. The van der Waals surface area contributed by atoms with Crippen LogP contribution in [0.3, 0.4) is 0 Å². The molecule has 164 valence electrons. The molecule has 0 aliphatic rings. The molecule has 0 saturated carbocycles. The topological polar surface area (TPSA) is 70.7 Å². The van der Waals surface area contributed by atoms with E-state index in [1.54, 1.807) is 0 Å². The van der Waals surface area contributed by atoms with Crippen LogP contribution in [0.2, 0.25) is 0 Å². The molecule has 0 aliphatic heterocycles. The molecule has 5 nitrogen and oxygen atoms in total. The minimum atomic E-state index is -0.537. The Morgan fingerprint density at radius 2 is 1.62 bits per heavy atom. The highest BCUT2D eigenvalue weighted by Crippen LogP contribution is 2.21. The SMILES string of the molecule is CC([NH2+]CCC(O)c1cccc(OCC[NH+](C)C)c1)C(O)c1ccccc1.[Cl-].[Cl-]. The van der Waals surface area contributed by atoms with E-state index < -0.39 is 12.2 Å². The zero-order valence-electron chi connectivity index (χ0n) is 17.4. The summed E-state index contributed by atoms with van der Waals surface area (Å²) in [5, 5.41) is 23.0. The van der Waals surface area contributed by atoms with E-state index in [-0.39, 0.29) is 30.9 Å². The molecule has 0 saturated heterocycles. The first kappa shape index (κ1) is 27.7. The molecule has 2 aromatic carbocycles. The number of aliphatic hydroxyl groups excluding tert-OH is 2. The van der Waals surface area contributed by atoms with Crippen LogP contribution in [0.5, 0.6) is 5.75 Å². The second-order valence-corrected chi connectivity index (χ2v) is 7.42. The Bertz CT molecular complexity index is 674. The van der Waals surface area contributed by atoms with Crippen LogP contribution in [0.15, 0.2) is 54.6 Å². The van der Waals surface area contributed by atoms with Gasteiger partial charge in [0.25, 0.3) is 0 Å². The molecule has 0 fully saturated rings. The summed E-state index contributed by atoms with van der Waals surface area (Å²) in [6.07, 6.45) is -0.429. The van der Waals surface area contributed by atoms with Crippen LogP contribution in [0, 0.1) is 0 Å². The third-order valence-corrected chi connectivity index (χ3v) is 4.73. The largest absolute Gasteiger partial charge is 1.00 e. The number of aliphatic hydroxyl groups is 2. The van der Waals surface area contributed by atoms with Crippen molar-refractivity contribution in [1.29, 1.82) is 0 Å². The number of hydrogen-bond donors (Lipinski definition) is 4. The second kappa shape index (κ2) is 14.6. The lowest BCUT2D eigenvalue weighted by molar-refractivity contribution is -0.858. The fourth-order valence-corrected chi connectivity index (χ4v) is 2.95. The lowest BCUT2D eigenvalue weighted by atomic mass is 10.0. The van der Waals surface area contributed by atoms with E-state index in [0.29, 0.717) is 13.0 Å². The lowest BCUT2D eigenvalue weighted by Gasteiger charge is -2.19. The van der Waals surface area contributed by atoms with E-state index in [9.17, 15) is 10.2 Å². The van der Waals surface area contributed by atoms with E-state index in [1.165, 1.54) is 4.90 Å². The van der Waals surface area contributed by atoms with E-state index in [2.05, 4.69) is 19.4 Å². The van der Waals surface area contributed by atoms with Gasteiger partial charge >= 0.3 is 0 Å². The van der Waals surface area contributed by atoms with Crippen molar-refractivity contribution in [3.8, 4) is 5.75 Å². The third kappa shape index (κ3) is 9.81. The summed E-state index contributed by atoms with van der Waals surface area (Å²) < 4.78 is 5.76. The smallest absolute Gasteiger partial charge is 0.137 e. The Labute approximate surface area is 186 Å². The van der Waals surface area contributed by atoms with Gasteiger partial charge in [-0.15, -0.1) is 0 Å². The molecule has 0 aliphatic carbocycles. The van der Waals surface area contributed by atoms with Gasteiger partial charge in [-0.25, -0.2) is 0 Å². The Balaban J connectivity index is 0.00000392. The van der Waals surface area contributed by atoms with Crippen LogP contribution in [-0.4, -0.2) is 50.0 Å². The predicted molar refractivity (Wildman–Crippen MR) is 107 cm³/mol. The van der Waals surface area contributed by atoms with Gasteiger partial charge in [0.2, 0.25) is 0 Å². The van der Waals surface area contributed by atoms with Crippen LogP contribution in [0.1, 0.15) is 36.7 Å². The molecule has 5 N–H and O–H groups in total. The number of likely N-dealkylation sites (N-methyl/N-ethyl adjacent to an activating group) is 1. The average molecular weight is 445 g/mol. The Morgan fingerprint density at radius 3 is 2.28 bits per heavy atom. The van der Waals surface area contributed by atoms with Crippen molar-refractivity contribution in [1.82, 2.24) is 0 Å². The number of hydrogen-bond acceptors (Lipinski definition) is 3. The molecule has 3 unspecified atom stereocenters. The van der Waals surface area contributed by atoms with Gasteiger partial charge in [0, 0.05) is 6.42 Å². The quantitative estimate of drug-likeness (QED) is 0.279. The summed E-state index contributed by atoms with van der Waals surface area (Å²) >= 11 is 0. The number of nitrogens with one attached hydrogen (secondary N) is 1. The Hall–Kier alpha value is -1.34. The van der Waals surface area contributed by atoms with Crippen molar-refractivity contribution in [3.63, 3.8) is 0 Å². The molecule has 2 rings (SSSR count). The van der Waals surface area contributed by atoms with Crippen LogP contribution >= 0.6 is 0 Å². The summed E-state index contributed by atoms with van der Waals surface area (Å²) in [5.41, 5.74) is 1.79. The molecule has 2 aromatic rings. The van der Waals surface area contributed by atoms with Gasteiger partial charge in [0.05, 0.1) is 26.7 Å². The van der Waals surface area contributed by atoms with Crippen molar-refractivity contribution in [2.24, 2.45) is 0 Å². The Morgan fingerprint density at radius 1 is 0.966 bits per heavy atom. The van der Waals surface area contributed by atoms with Crippen LogP contribution in [0.25, 0.3) is 0 Å². The van der Waals surface area contributed by atoms with Gasteiger partial charge in [-0.05, 0) is 30.2 Å². The minimum absolute atomic E-state index is 0. The van der Waals surface area contributed by atoms with Crippen molar-refractivity contribution >= 4 is 0 Å². The zero-order chi connectivity index (χ0) is 19.6. The minimum Gasteiger partial charge on any atom is -1.00 e. The number of rotatable bonds is 11. The van der Waals surface area contributed by atoms with Gasteiger partial charge in [0.1, 0.15) is 31.0 Å². The highest BCUT2D eigenvalue weighted by molar-refractivity contribution is 5.29. The van der Waals surface area contributed by atoms with Crippen molar-refractivity contribution in [3.05, 3.63) is 65.7 Å². The number of nitrogens with two attached hydrogens (primary N) is 1. The number of benzene rings is 2. The molecule has 0 radical (unpaired) electrons. The molecular weight excluding hydrogens is 411 g/mol. The first-order valence-corrected chi connectivity index (χ1v) is 9.73. The van der Waals surface area contributed by atoms with Crippen LogP contribution in [0.4, 0.5) is 0 Å². The number of quaternary nitrogens is 2. The van der Waals surface area contributed by atoms with Gasteiger partial charge in [0.15, 0.2) is 0 Å². The van der Waals surface area contributed by atoms with Gasteiger partial charge in [-0.2, -0.15) is 0 Å². The maximum atomic E-state index is 10.5. The van der Waals surface area contributed by atoms with Crippen LogP contribution in [-0.2, 0) is 0 Å². The van der Waals surface area contributed by atoms with Gasteiger partial charge < -0.3 is 50.0 Å². The van der Waals surface area contributed by atoms with E-state index in [0.717, 1.165) is 30.0 Å². The van der Waals surface area contributed by atoms with E-state index >= 15 is 0 Å². The summed E-state index contributed by atoms with van der Waals surface area (Å²) in [5.74, 6) is 0.796. The molecule has 0 aromatic heterocycles.